The molecule has 1 heterocycles. The molecule has 1 aromatic rings. The van der Waals surface area contributed by atoms with Crippen LogP contribution in [0.4, 0.5) is 0 Å². The van der Waals surface area contributed by atoms with E-state index in [1.807, 2.05) is 51.1 Å². The third kappa shape index (κ3) is 11.5. The van der Waals surface area contributed by atoms with Gasteiger partial charge < -0.3 is 42.6 Å². The van der Waals surface area contributed by atoms with E-state index in [4.69, 9.17) is 42.6 Å². The maximum Gasteiger partial charge on any atom is 0.186 e. The minimum Gasteiger partial charge on any atom is -0.378 e. The lowest BCUT2D eigenvalue weighted by Gasteiger charge is -2.45. The molecule has 9 heteroatoms. The Morgan fingerprint density at radius 2 is 1.50 bits per heavy atom. The summed E-state index contributed by atoms with van der Waals surface area (Å²) in [7, 11) is 3.30. The van der Waals surface area contributed by atoms with Crippen LogP contribution in [0.2, 0.25) is 0 Å². The van der Waals surface area contributed by atoms with E-state index in [1.54, 1.807) is 14.2 Å². The van der Waals surface area contributed by atoms with Gasteiger partial charge in [0.15, 0.2) is 12.6 Å². The Morgan fingerprint density at radius 1 is 0.816 bits per heavy atom. The summed E-state index contributed by atoms with van der Waals surface area (Å²) in [5, 5.41) is 0. The summed E-state index contributed by atoms with van der Waals surface area (Å²) in [6.45, 7) is 13.4. The van der Waals surface area contributed by atoms with Gasteiger partial charge in [-0.3, -0.25) is 0 Å². The Bertz CT molecular complexity index is 699. The van der Waals surface area contributed by atoms with Gasteiger partial charge in [0.25, 0.3) is 0 Å². The average molecular weight is 543 g/mol. The summed E-state index contributed by atoms with van der Waals surface area (Å²) in [5.41, 5.74) is 1.11. The molecule has 2 rings (SSSR count). The zero-order valence-corrected chi connectivity index (χ0v) is 24.3. The first kappa shape index (κ1) is 33.1. The fourth-order valence-corrected chi connectivity index (χ4v) is 4.27. The molecule has 1 aliphatic rings. The highest BCUT2D eigenvalue weighted by Crippen LogP contribution is 2.29. The van der Waals surface area contributed by atoms with Crippen molar-refractivity contribution in [3.8, 4) is 0 Å². The zero-order chi connectivity index (χ0) is 27.8. The lowest BCUT2D eigenvalue weighted by Crippen LogP contribution is -2.61. The van der Waals surface area contributed by atoms with Crippen LogP contribution in [0, 0.1) is 5.92 Å². The largest absolute Gasteiger partial charge is 0.378 e. The average Bonchev–Trinajstić information content (AvgIpc) is 2.91. The molecule has 0 spiro atoms. The van der Waals surface area contributed by atoms with Gasteiger partial charge in [0.1, 0.15) is 24.4 Å². The summed E-state index contributed by atoms with van der Waals surface area (Å²) in [6.07, 6.45) is -2.36. The fourth-order valence-electron chi connectivity index (χ4n) is 4.27. The third-order valence-corrected chi connectivity index (χ3v) is 6.11. The molecule has 6 atom stereocenters. The minimum atomic E-state index is -0.691. The molecule has 0 aromatic heterocycles. The second kappa shape index (κ2) is 19.0. The highest BCUT2D eigenvalue weighted by molar-refractivity contribution is 5.13. The van der Waals surface area contributed by atoms with Crippen molar-refractivity contribution in [3.05, 3.63) is 35.9 Å². The van der Waals surface area contributed by atoms with Crippen molar-refractivity contribution in [1.29, 1.82) is 0 Å². The van der Waals surface area contributed by atoms with Crippen molar-refractivity contribution in [3.63, 3.8) is 0 Å². The first-order chi connectivity index (χ1) is 18.4. The number of benzene rings is 1. The Labute approximate surface area is 229 Å². The van der Waals surface area contributed by atoms with E-state index < -0.39 is 24.6 Å². The van der Waals surface area contributed by atoms with E-state index in [1.165, 1.54) is 0 Å². The SMILES string of the molecule is CCOC(CCO[C@@H]1O[C@H](COCC(C)C)[C@@H](OC)[C@H](OC)[C@@H]1OCC(C)OCc1ccccc1)OCC. The molecular formula is C29H50O9. The minimum absolute atomic E-state index is 0.151. The highest BCUT2D eigenvalue weighted by Gasteiger charge is 2.48. The molecule has 0 radical (unpaired) electrons. The Balaban J connectivity index is 2.06. The van der Waals surface area contributed by atoms with Crippen LogP contribution < -0.4 is 0 Å². The lowest BCUT2D eigenvalue weighted by atomic mass is 9.98. The Hall–Kier alpha value is -1.14. The van der Waals surface area contributed by atoms with Crippen LogP contribution >= 0.6 is 0 Å². The van der Waals surface area contributed by atoms with Crippen molar-refractivity contribution < 1.29 is 42.6 Å². The van der Waals surface area contributed by atoms with E-state index in [0.29, 0.717) is 58.6 Å². The van der Waals surface area contributed by atoms with Gasteiger partial charge in [-0.25, -0.2) is 0 Å². The van der Waals surface area contributed by atoms with Crippen LogP contribution in [0.3, 0.4) is 0 Å². The van der Waals surface area contributed by atoms with Gasteiger partial charge in [-0.2, -0.15) is 0 Å². The quantitative estimate of drug-likeness (QED) is 0.225. The number of hydrogen-bond donors (Lipinski definition) is 0. The van der Waals surface area contributed by atoms with Gasteiger partial charge in [-0.1, -0.05) is 44.2 Å². The molecule has 1 unspecified atom stereocenters. The summed E-state index contributed by atoms with van der Waals surface area (Å²) in [4.78, 5) is 0. The maximum absolute atomic E-state index is 6.38. The molecule has 1 saturated heterocycles. The smallest absolute Gasteiger partial charge is 0.186 e. The second-order valence-electron chi connectivity index (χ2n) is 9.78. The molecule has 1 aliphatic heterocycles. The van der Waals surface area contributed by atoms with Gasteiger partial charge in [-0.05, 0) is 32.3 Å². The Morgan fingerprint density at radius 3 is 2.11 bits per heavy atom. The molecule has 0 saturated carbocycles. The normalized spacial score (nSPS) is 24.8. The third-order valence-electron chi connectivity index (χ3n) is 6.11. The first-order valence-corrected chi connectivity index (χ1v) is 13.8. The molecule has 0 aliphatic carbocycles. The van der Waals surface area contributed by atoms with E-state index in [2.05, 4.69) is 13.8 Å². The van der Waals surface area contributed by atoms with Crippen molar-refractivity contribution in [2.24, 2.45) is 5.92 Å². The summed E-state index contributed by atoms with van der Waals surface area (Å²) < 4.78 is 53.9. The van der Waals surface area contributed by atoms with Crippen molar-refractivity contribution >= 4 is 0 Å². The van der Waals surface area contributed by atoms with Crippen LogP contribution in [0.5, 0.6) is 0 Å². The topological polar surface area (TPSA) is 83.1 Å². The molecule has 1 aromatic carbocycles. The van der Waals surface area contributed by atoms with Crippen molar-refractivity contribution in [2.45, 2.75) is 90.7 Å². The summed E-state index contributed by atoms with van der Waals surface area (Å²) in [6, 6.07) is 10.1. The van der Waals surface area contributed by atoms with Crippen LogP contribution in [-0.2, 0) is 49.2 Å². The second-order valence-corrected chi connectivity index (χ2v) is 9.78. The van der Waals surface area contributed by atoms with Gasteiger partial charge in [-0.15, -0.1) is 0 Å². The van der Waals surface area contributed by atoms with Gasteiger partial charge in [0, 0.05) is 40.5 Å². The number of hydrogen-bond acceptors (Lipinski definition) is 9. The molecule has 0 N–H and O–H groups in total. The van der Waals surface area contributed by atoms with Crippen molar-refractivity contribution in [1.82, 2.24) is 0 Å². The van der Waals surface area contributed by atoms with E-state index in [-0.39, 0.29) is 18.5 Å². The van der Waals surface area contributed by atoms with E-state index in [9.17, 15) is 0 Å². The highest BCUT2D eigenvalue weighted by atomic mass is 16.7. The van der Waals surface area contributed by atoms with Crippen LogP contribution in [0.25, 0.3) is 0 Å². The lowest BCUT2D eigenvalue weighted by molar-refractivity contribution is -0.322. The molecule has 1 fully saturated rings. The number of ether oxygens (including phenoxy) is 9. The molecule has 220 valence electrons. The Kier molecular flexibility index (Phi) is 16.6. The summed E-state index contributed by atoms with van der Waals surface area (Å²) >= 11 is 0. The summed E-state index contributed by atoms with van der Waals surface area (Å²) in [5.74, 6) is 0.410. The standard InChI is InChI=1S/C29H50O9/c1-8-33-25(34-9-2)15-16-35-29-28(37-18-22(5)36-19-23-13-11-10-12-14-23)27(31-7)26(30-6)24(38-29)20-32-17-21(3)4/h10-14,21-22,24-29H,8-9,15-20H2,1-7H3/t22?,24-,26-,27+,28+,29-/m1/s1. The fraction of sp³-hybridized carbons (Fsp3) is 0.793. The van der Waals surface area contributed by atoms with E-state index in [0.717, 1.165) is 5.56 Å². The number of methoxy groups -OCH3 is 2. The monoisotopic (exact) mass is 542 g/mol. The zero-order valence-electron chi connectivity index (χ0n) is 24.3. The molecule has 38 heavy (non-hydrogen) atoms. The predicted molar refractivity (Wildman–Crippen MR) is 144 cm³/mol. The number of rotatable bonds is 20. The molecular weight excluding hydrogens is 492 g/mol. The van der Waals surface area contributed by atoms with Crippen molar-refractivity contribution in [2.75, 3.05) is 53.9 Å². The first-order valence-electron chi connectivity index (χ1n) is 13.8. The van der Waals surface area contributed by atoms with Crippen LogP contribution in [-0.4, -0.2) is 97.0 Å². The van der Waals surface area contributed by atoms with Crippen LogP contribution in [0.1, 0.15) is 46.6 Å². The van der Waals surface area contributed by atoms with Crippen LogP contribution in [0.15, 0.2) is 30.3 Å². The molecule has 9 nitrogen and oxygen atoms in total. The predicted octanol–water partition coefficient (Wildman–Crippen LogP) is 4.21. The molecule has 0 amide bonds. The van der Waals surface area contributed by atoms with Gasteiger partial charge in [0.2, 0.25) is 0 Å². The van der Waals surface area contributed by atoms with E-state index >= 15 is 0 Å². The van der Waals surface area contributed by atoms with Gasteiger partial charge >= 0.3 is 0 Å². The maximum atomic E-state index is 6.38. The van der Waals surface area contributed by atoms with Gasteiger partial charge in [0.05, 0.1) is 32.5 Å². The molecule has 0 bridgehead atoms.